The van der Waals surface area contributed by atoms with Gasteiger partial charge in [0.2, 0.25) is 0 Å². The quantitative estimate of drug-likeness (QED) is 0.772. The molecule has 0 aromatic heterocycles. The Kier molecular flexibility index (Phi) is 4.63. The lowest BCUT2D eigenvalue weighted by atomic mass is 10.0. The van der Waals surface area contributed by atoms with Crippen molar-refractivity contribution in [3.8, 4) is 0 Å². The molecule has 2 aliphatic heterocycles. The number of amidine groups is 1. The van der Waals surface area contributed by atoms with Crippen LogP contribution < -0.4 is 5.32 Å². The lowest BCUT2D eigenvalue weighted by Crippen LogP contribution is -2.54. The van der Waals surface area contributed by atoms with Gasteiger partial charge < -0.3 is 10.2 Å². The van der Waals surface area contributed by atoms with Crippen molar-refractivity contribution in [2.45, 2.75) is 25.4 Å². The van der Waals surface area contributed by atoms with E-state index in [0.29, 0.717) is 17.5 Å². The number of piperazine rings is 1. The van der Waals surface area contributed by atoms with Gasteiger partial charge in [-0.05, 0) is 27.5 Å². The summed E-state index contributed by atoms with van der Waals surface area (Å²) in [6.45, 7) is 7.86. The Hall–Kier alpha value is 0.0900. The predicted octanol–water partition coefficient (Wildman–Crippen LogP) is 1.51. The van der Waals surface area contributed by atoms with Gasteiger partial charge in [-0.3, -0.25) is 4.90 Å². The summed E-state index contributed by atoms with van der Waals surface area (Å²) in [5, 5.41) is 4.73. The SMILES string of the molecule is CC(C)C1CN(C2N=C(N(C)C)SS2)CCN1. The van der Waals surface area contributed by atoms with Crippen molar-refractivity contribution in [3.63, 3.8) is 0 Å². The second-order valence-electron chi connectivity index (χ2n) is 5.11. The number of nitrogens with zero attached hydrogens (tertiary/aromatic N) is 3. The summed E-state index contributed by atoms with van der Waals surface area (Å²) in [6.07, 6.45) is 0. The van der Waals surface area contributed by atoms with Gasteiger partial charge in [-0.25, -0.2) is 4.99 Å². The summed E-state index contributed by atoms with van der Waals surface area (Å²) in [5.74, 6) is 0.689. The van der Waals surface area contributed by atoms with Gasteiger partial charge in [-0.2, -0.15) is 0 Å². The molecule has 0 radical (unpaired) electrons. The number of nitrogens with one attached hydrogen (secondary N) is 1. The van der Waals surface area contributed by atoms with Gasteiger partial charge in [0.25, 0.3) is 0 Å². The molecule has 2 heterocycles. The van der Waals surface area contributed by atoms with Crippen LogP contribution in [0.15, 0.2) is 4.99 Å². The zero-order valence-corrected chi connectivity index (χ0v) is 12.6. The minimum atomic E-state index is 0.306. The first-order valence-electron chi connectivity index (χ1n) is 6.14. The molecule has 2 atom stereocenters. The van der Waals surface area contributed by atoms with Gasteiger partial charge in [0.15, 0.2) is 10.7 Å². The molecule has 98 valence electrons. The highest BCUT2D eigenvalue weighted by Crippen LogP contribution is 2.38. The van der Waals surface area contributed by atoms with Gasteiger partial charge >= 0.3 is 0 Å². The van der Waals surface area contributed by atoms with E-state index in [0.717, 1.165) is 24.8 Å². The first-order valence-corrected chi connectivity index (χ1v) is 8.35. The minimum Gasteiger partial charge on any atom is -0.357 e. The predicted molar refractivity (Wildman–Crippen MR) is 78.3 cm³/mol. The number of hydrogen-bond donors (Lipinski definition) is 1. The van der Waals surface area contributed by atoms with Crippen LogP contribution in [0, 0.1) is 5.92 Å². The third kappa shape index (κ3) is 3.30. The Morgan fingerprint density at radius 3 is 2.82 bits per heavy atom. The molecule has 0 amide bonds. The summed E-state index contributed by atoms with van der Waals surface area (Å²) >= 11 is 0. The third-order valence-corrected chi connectivity index (χ3v) is 5.71. The van der Waals surface area contributed by atoms with E-state index in [4.69, 9.17) is 4.99 Å². The van der Waals surface area contributed by atoms with Crippen LogP contribution in [-0.4, -0.2) is 60.2 Å². The number of hydrogen-bond acceptors (Lipinski definition) is 6. The van der Waals surface area contributed by atoms with Crippen molar-refractivity contribution in [1.29, 1.82) is 0 Å². The summed E-state index contributed by atoms with van der Waals surface area (Å²) in [6, 6.07) is 0.605. The molecule has 1 fully saturated rings. The lowest BCUT2D eigenvalue weighted by molar-refractivity contribution is 0.167. The van der Waals surface area contributed by atoms with Crippen LogP contribution in [0.25, 0.3) is 0 Å². The monoisotopic (exact) mass is 274 g/mol. The van der Waals surface area contributed by atoms with Crippen molar-refractivity contribution >= 4 is 26.8 Å². The molecule has 17 heavy (non-hydrogen) atoms. The largest absolute Gasteiger partial charge is 0.357 e. The fourth-order valence-corrected chi connectivity index (χ4v) is 4.58. The van der Waals surface area contributed by atoms with E-state index in [2.05, 4.69) is 43.1 Å². The minimum absolute atomic E-state index is 0.306. The average molecular weight is 274 g/mol. The van der Waals surface area contributed by atoms with E-state index in [-0.39, 0.29) is 0 Å². The summed E-state index contributed by atoms with van der Waals surface area (Å²) < 4.78 is 0. The number of aliphatic imine (C=N–C) groups is 1. The molecule has 0 saturated carbocycles. The molecule has 2 unspecified atom stereocenters. The smallest absolute Gasteiger partial charge is 0.172 e. The van der Waals surface area contributed by atoms with Gasteiger partial charge in [0.05, 0.1) is 0 Å². The molecule has 2 aliphatic rings. The van der Waals surface area contributed by atoms with E-state index in [1.807, 2.05) is 10.8 Å². The van der Waals surface area contributed by atoms with Crippen LogP contribution in [0.4, 0.5) is 0 Å². The van der Waals surface area contributed by atoms with Crippen LogP contribution in [-0.2, 0) is 0 Å². The number of rotatable bonds is 2. The van der Waals surface area contributed by atoms with Crippen LogP contribution in [0.1, 0.15) is 13.8 Å². The van der Waals surface area contributed by atoms with E-state index in [1.54, 1.807) is 10.8 Å². The first-order chi connectivity index (χ1) is 8.08. The van der Waals surface area contributed by atoms with E-state index >= 15 is 0 Å². The van der Waals surface area contributed by atoms with Gasteiger partial charge in [0.1, 0.15) is 0 Å². The molecule has 1 saturated heterocycles. The molecular weight excluding hydrogens is 252 g/mol. The van der Waals surface area contributed by atoms with E-state index < -0.39 is 0 Å². The van der Waals surface area contributed by atoms with E-state index in [1.165, 1.54) is 0 Å². The normalized spacial score (nSPS) is 30.8. The highest BCUT2D eigenvalue weighted by Gasteiger charge is 2.31. The molecule has 0 aromatic rings. The Labute approximate surface area is 112 Å². The topological polar surface area (TPSA) is 30.9 Å². The van der Waals surface area contributed by atoms with Crippen molar-refractivity contribution in [3.05, 3.63) is 0 Å². The van der Waals surface area contributed by atoms with Crippen LogP contribution in [0.2, 0.25) is 0 Å². The molecular formula is C11H22N4S2. The maximum absolute atomic E-state index is 4.77. The third-order valence-electron chi connectivity index (χ3n) is 3.17. The summed E-state index contributed by atoms with van der Waals surface area (Å²) in [5.41, 5.74) is 0.306. The summed E-state index contributed by atoms with van der Waals surface area (Å²) in [7, 11) is 7.78. The highest BCUT2D eigenvalue weighted by atomic mass is 33.1. The molecule has 4 nitrogen and oxygen atoms in total. The van der Waals surface area contributed by atoms with Gasteiger partial charge in [-0.15, -0.1) is 0 Å². The Morgan fingerprint density at radius 1 is 1.47 bits per heavy atom. The Morgan fingerprint density at radius 2 is 2.24 bits per heavy atom. The maximum atomic E-state index is 4.77. The zero-order chi connectivity index (χ0) is 12.4. The van der Waals surface area contributed by atoms with Crippen molar-refractivity contribution in [2.75, 3.05) is 33.7 Å². The molecule has 0 bridgehead atoms. The molecule has 0 spiro atoms. The summed E-state index contributed by atoms with van der Waals surface area (Å²) in [4.78, 5) is 9.36. The van der Waals surface area contributed by atoms with Crippen LogP contribution in [0.3, 0.4) is 0 Å². The molecule has 0 aliphatic carbocycles. The second-order valence-corrected chi connectivity index (χ2v) is 7.33. The van der Waals surface area contributed by atoms with E-state index in [9.17, 15) is 0 Å². The van der Waals surface area contributed by atoms with Gasteiger partial charge in [-0.1, -0.05) is 13.8 Å². The first kappa shape index (κ1) is 13.5. The van der Waals surface area contributed by atoms with Crippen LogP contribution in [0.5, 0.6) is 0 Å². The van der Waals surface area contributed by atoms with Gasteiger partial charge in [0, 0.05) is 39.8 Å². The molecule has 2 rings (SSSR count). The zero-order valence-electron chi connectivity index (χ0n) is 11.0. The maximum Gasteiger partial charge on any atom is 0.172 e. The fourth-order valence-electron chi connectivity index (χ4n) is 2.01. The second kappa shape index (κ2) is 5.82. The fraction of sp³-hybridized carbons (Fsp3) is 0.909. The molecule has 1 N–H and O–H groups in total. The average Bonchev–Trinajstić information content (AvgIpc) is 2.78. The molecule has 6 heteroatoms. The Bertz CT molecular complexity index is 293. The van der Waals surface area contributed by atoms with Crippen molar-refractivity contribution in [2.24, 2.45) is 10.9 Å². The molecule has 0 aromatic carbocycles. The Balaban J connectivity index is 1.94. The standard InChI is InChI=1S/C11H22N4S2/c1-8(2)9-7-15(6-5-12-9)11-13-10(14(3)4)16-17-11/h8-9,11-12H,5-7H2,1-4H3. The van der Waals surface area contributed by atoms with Crippen molar-refractivity contribution in [1.82, 2.24) is 15.1 Å². The van der Waals surface area contributed by atoms with Crippen LogP contribution >= 0.6 is 21.6 Å². The van der Waals surface area contributed by atoms with Crippen molar-refractivity contribution < 1.29 is 0 Å². The highest BCUT2D eigenvalue weighted by molar-refractivity contribution is 8.82. The lowest BCUT2D eigenvalue weighted by Gasteiger charge is -2.37.